The van der Waals surface area contributed by atoms with Crippen LogP contribution in [-0.4, -0.2) is 32.1 Å². The number of unbranched alkanes of at least 4 members (excludes halogenated alkanes) is 3. The lowest BCUT2D eigenvalue weighted by molar-refractivity contribution is -0.109. The summed E-state index contributed by atoms with van der Waals surface area (Å²) in [6, 6.07) is 11.3. The van der Waals surface area contributed by atoms with E-state index in [0.29, 0.717) is 35.5 Å². The summed E-state index contributed by atoms with van der Waals surface area (Å²) in [5, 5.41) is 20.5. The van der Waals surface area contributed by atoms with Crippen LogP contribution in [0, 0.1) is 22.6 Å². The number of nitrogens with one attached hydrogen (secondary N) is 2. The summed E-state index contributed by atoms with van der Waals surface area (Å²) in [6.45, 7) is 2.55. The van der Waals surface area contributed by atoms with Crippen molar-refractivity contribution < 1.29 is 9.18 Å². The van der Waals surface area contributed by atoms with Gasteiger partial charge in [-0.1, -0.05) is 12.5 Å². The van der Waals surface area contributed by atoms with Gasteiger partial charge < -0.3 is 11.1 Å². The van der Waals surface area contributed by atoms with Gasteiger partial charge in [0.25, 0.3) is 0 Å². The molecule has 2 rings (SSSR count). The third-order valence-electron chi connectivity index (χ3n) is 5.08. The van der Waals surface area contributed by atoms with Gasteiger partial charge in [0.2, 0.25) is 6.41 Å². The Kier molecular flexibility index (Phi) is 9.78. The average molecular weight is 449 g/mol. The first-order chi connectivity index (χ1) is 15.9. The lowest BCUT2D eigenvalue weighted by Crippen LogP contribution is -2.29. The summed E-state index contributed by atoms with van der Waals surface area (Å²) >= 11 is 0. The number of carbonyl (C=O) groups is 1. The molecule has 0 aliphatic rings. The van der Waals surface area contributed by atoms with Crippen LogP contribution in [0.5, 0.6) is 0 Å². The number of nitrogen functional groups attached to an aromatic ring is 1. The number of hydrogen-bond acceptors (Lipinski definition) is 5. The van der Waals surface area contributed by atoms with Crippen LogP contribution in [0.25, 0.3) is 0 Å². The molecule has 1 amide bonds. The summed E-state index contributed by atoms with van der Waals surface area (Å²) in [5.41, 5.74) is 9.11. The first-order valence-electron chi connectivity index (χ1n) is 10.7. The number of hydrogen-bond donors (Lipinski definition) is 3. The number of allylic oxidation sites excluding steroid dienone is 2. The number of halogens is 1. The summed E-state index contributed by atoms with van der Waals surface area (Å²) in [7, 11) is 1.65. The molecule has 2 aromatic rings. The number of aliphatic imine (C=N–C) groups is 1. The van der Waals surface area contributed by atoms with Crippen LogP contribution < -0.4 is 16.0 Å². The SMILES string of the molecule is CN=Cc1cc(N(C(=N)c2ccc(C#N)c(F)c2)/C(C)=C/CCCCCNC=O)ccc1N. The summed E-state index contributed by atoms with van der Waals surface area (Å²) in [4.78, 5) is 16.1. The second kappa shape index (κ2) is 12.8. The maximum atomic E-state index is 14.3. The van der Waals surface area contributed by atoms with Gasteiger partial charge in [-0.2, -0.15) is 5.26 Å². The van der Waals surface area contributed by atoms with E-state index < -0.39 is 5.82 Å². The Labute approximate surface area is 193 Å². The van der Waals surface area contributed by atoms with Crippen molar-refractivity contribution in [1.29, 1.82) is 10.7 Å². The number of amides is 1. The highest BCUT2D eigenvalue weighted by molar-refractivity contribution is 6.10. The molecule has 0 aliphatic carbocycles. The second-order valence-electron chi connectivity index (χ2n) is 7.46. The predicted octanol–water partition coefficient (Wildman–Crippen LogP) is 4.37. The predicted molar refractivity (Wildman–Crippen MR) is 131 cm³/mol. The molecule has 0 radical (unpaired) electrons. The van der Waals surface area contributed by atoms with Crippen molar-refractivity contribution in [2.45, 2.75) is 32.6 Å². The topological polar surface area (TPSA) is 118 Å². The molecule has 0 aliphatic heterocycles. The Balaban J connectivity index is 2.36. The largest absolute Gasteiger partial charge is 0.398 e. The van der Waals surface area contributed by atoms with E-state index in [4.69, 9.17) is 16.4 Å². The fourth-order valence-corrected chi connectivity index (χ4v) is 3.35. The van der Waals surface area contributed by atoms with Gasteiger partial charge in [0.1, 0.15) is 17.7 Å². The lowest BCUT2D eigenvalue weighted by Gasteiger charge is -2.27. The van der Waals surface area contributed by atoms with Crippen LogP contribution in [0.15, 0.2) is 53.2 Å². The Morgan fingerprint density at radius 1 is 1.27 bits per heavy atom. The molecule has 0 saturated carbocycles. The van der Waals surface area contributed by atoms with Crippen molar-refractivity contribution in [3.8, 4) is 6.07 Å². The highest BCUT2D eigenvalue weighted by Gasteiger charge is 2.18. The van der Waals surface area contributed by atoms with Crippen LogP contribution >= 0.6 is 0 Å². The van der Waals surface area contributed by atoms with Gasteiger partial charge in [0.15, 0.2) is 0 Å². The normalized spacial score (nSPS) is 11.3. The van der Waals surface area contributed by atoms with Crippen LogP contribution in [-0.2, 0) is 4.79 Å². The summed E-state index contributed by atoms with van der Waals surface area (Å²) in [6.07, 6.45) is 7.95. The molecule has 172 valence electrons. The zero-order chi connectivity index (χ0) is 24.2. The van der Waals surface area contributed by atoms with Gasteiger partial charge in [-0.05, 0) is 62.6 Å². The van der Waals surface area contributed by atoms with Crippen molar-refractivity contribution in [2.24, 2.45) is 4.99 Å². The highest BCUT2D eigenvalue weighted by Crippen LogP contribution is 2.26. The van der Waals surface area contributed by atoms with Crippen molar-refractivity contribution >= 4 is 29.8 Å². The van der Waals surface area contributed by atoms with E-state index in [2.05, 4.69) is 10.3 Å². The third-order valence-corrected chi connectivity index (χ3v) is 5.08. The monoisotopic (exact) mass is 448 g/mol. The fraction of sp³-hybridized carbons (Fsp3) is 0.280. The van der Waals surface area contributed by atoms with Gasteiger partial charge in [-0.25, -0.2) is 4.39 Å². The van der Waals surface area contributed by atoms with Crippen LogP contribution in [0.4, 0.5) is 15.8 Å². The molecule has 0 saturated heterocycles. The van der Waals surface area contributed by atoms with E-state index in [1.54, 1.807) is 42.4 Å². The molecule has 4 N–H and O–H groups in total. The van der Waals surface area contributed by atoms with Crippen LogP contribution in [0.3, 0.4) is 0 Å². The standard InChI is InChI=1S/C25H29FN6O/c1-18(7-5-3-4-6-12-31-17-33)32(22-10-11-24(28)21(13-22)16-30-2)25(29)19-8-9-20(15-27)23(26)14-19/h7-11,13-14,16-17,29H,3-6,12,28H2,1-2H3,(H,31,33)/b18-7+,29-25?,30-16?. The van der Waals surface area contributed by atoms with E-state index in [1.807, 2.05) is 19.1 Å². The molecule has 0 spiro atoms. The average Bonchev–Trinajstić information content (AvgIpc) is 2.80. The molecule has 0 bridgehead atoms. The highest BCUT2D eigenvalue weighted by atomic mass is 19.1. The third kappa shape index (κ3) is 7.01. The van der Waals surface area contributed by atoms with Crippen molar-refractivity contribution in [3.05, 3.63) is 70.7 Å². The second-order valence-corrected chi connectivity index (χ2v) is 7.46. The molecule has 0 atom stereocenters. The fourth-order valence-electron chi connectivity index (χ4n) is 3.35. The molecular formula is C25H29FN6O. The first kappa shape index (κ1) is 25.3. The molecular weight excluding hydrogens is 419 g/mol. The summed E-state index contributed by atoms with van der Waals surface area (Å²) < 4.78 is 14.3. The molecule has 0 fully saturated rings. The number of rotatable bonds is 11. The molecule has 0 heterocycles. The molecule has 2 aromatic carbocycles. The maximum absolute atomic E-state index is 14.3. The number of nitrogens with zero attached hydrogens (tertiary/aromatic N) is 3. The minimum absolute atomic E-state index is 0.0663. The van der Waals surface area contributed by atoms with Gasteiger partial charge in [0, 0.05) is 48.0 Å². The van der Waals surface area contributed by atoms with E-state index >= 15 is 0 Å². The molecule has 0 unspecified atom stereocenters. The van der Waals surface area contributed by atoms with Crippen molar-refractivity contribution in [1.82, 2.24) is 5.32 Å². The quantitative estimate of drug-likeness (QED) is 0.155. The molecule has 33 heavy (non-hydrogen) atoms. The number of nitriles is 1. The molecule has 0 aromatic heterocycles. The Morgan fingerprint density at radius 3 is 2.73 bits per heavy atom. The molecule has 8 heteroatoms. The summed E-state index contributed by atoms with van der Waals surface area (Å²) in [5.74, 6) is -0.590. The first-order valence-corrected chi connectivity index (χ1v) is 10.7. The van der Waals surface area contributed by atoms with E-state index in [0.717, 1.165) is 31.4 Å². The maximum Gasteiger partial charge on any atom is 0.207 e. The van der Waals surface area contributed by atoms with Gasteiger partial charge >= 0.3 is 0 Å². The van der Waals surface area contributed by atoms with Crippen molar-refractivity contribution in [2.75, 3.05) is 24.2 Å². The number of nitrogens with two attached hydrogens (primary N) is 1. The van der Waals surface area contributed by atoms with Crippen LogP contribution in [0.1, 0.15) is 49.3 Å². The minimum Gasteiger partial charge on any atom is -0.398 e. The zero-order valence-electron chi connectivity index (χ0n) is 18.9. The Bertz CT molecular complexity index is 1090. The number of benzene rings is 2. The van der Waals surface area contributed by atoms with Gasteiger partial charge in [0.05, 0.1) is 5.56 Å². The van der Waals surface area contributed by atoms with Gasteiger partial charge in [-0.15, -0.1) is 0 Å². The minimum atomic E-state index is -0.665. The Hall–Kier alpha value is -3.99. The zero-order valence-corrected chi connectivity index (χ0v) is 18.9. The smallest absolute Gasteiger partial charge is 0.207 e. The van der Waals surface area contributed by atoms with Crippen LogP contribution in [0.2, 0.25) is 0 Å². The van der Waals surface area contributed by atoms with Gasteiger partial charge in [-0.3, -0.25) is 20.1 Å². The number of amidine groups is 1. The number of anilines is 2. The number of carbonyl (C=O) groups excluding carboxylic acids is 1. The molecule has 7 nitrogen and oxygen atoms in total. The van der Waals surface area contributed by atoms with E-state index in [9.17, 15) is 9.18 Å². The van der Waals surface area contributed by atoms with E-state index in [-0.39, 0.29) is 11.4 Å². The van der Waals surface area contributed by atoms with E-state index in [1.165, 1.54) is 12.1 Å². The van der Waals surface area contributed by atoms with Crippen molar-refractivity contribution in [3.63, 3.8) is 0 Å². The Morgan fingerprint density at radius 2 is 2.06 bits per heavy atom. The lowest BCUT2D eigenvalue weighted by atomic mass is 10.1.